The second-order valence-electron chi connectivity index (χ2n) is 2.23. The van der Waals surface area contributed by atoms with Crippen LogP contribution in [0.2, 0.25) is 5.15 Å². The first-order chi connectivity index (χ1) is 6.24. The molecule has 0 spiro atoms. The Kier molecular flexibility index (Phi) is 4.79. The molecule has 13 heavy (non-hydrogen) atoms. The standard InChI is InChI=1S/C9H6Br2ClN/c10-4-2-1-3-7-5-9(12)13-6-8(7)11/h5-6H,2,4H2. The van der Waals surface area contributed by atoms with E-state index in [1.165, 1.54) is 0 Å². The smallest absolute Gasteiger partial charge is 0.130 e. The van der Waals surface area contributed by atoms with Gasteiger partial charge in [0, 0.05) is 23.5 Å². The van der Waals surface area contributed by atoms with Crippen LogP contribution in [0.5, 0.6) is 0 Å². The summed E-state index contributed by atoms with van der Waals surface area (Å²) in [6, 6.07) is 1.74. The van der Waals surface area contributed by atoms with Gasteiger partial charge >= 0.3 is 0 Å². The highest BCUT2D eigenvalue weighted by Crippen LogP contribution is 2.17. The van der Waals surface area contributed by atoms with E-state index in [-0.39, 0.29) is 0 Å². The molecular formula is C9H6Br2ClN. The van der Waals surface area contributed by atoms with Crippen molar-refractivity contribution in [3.05, 3.63) is 27.5 Å². The minimum atomic E-state index is 0.464. The number of rotatable bonds is 1. The molecule has 1 aromatic heterocycles. The number of hydrogen-bond acceptors (Lipinski definition) is 1. The molecule has 1 heterocycles. The van der Waals surface area contributed by atoms with Gasteiger partial charge in [-0.1, -0.05) is 39.4 Å². The van der Waals surface area contributed by atoms with Crippen LogP contribution < -0.4 is 0 Å². The van der Waals surface area contributed by atoms with Crippen molar-refractivity contribution >= 4 is 43.5 Å². The lowest BCUT2D eigenvalue weighted by Crippen LogP contribution is -1.81. The van der Waals surface area contributed by atoms with Gasteiger partial charge in [0.05, 0.1) is 4.47 Å². The summed E-state index contributed by atoms with van der Waals surface area (Å²) in [7, 11) is 0. The monoisotopic (exact) mass is 321 g/mol. The third kappa shape index (κ3) is 3.68. The van der Waals surface area contributed by atoms with Gasteiger partial charge < -0.3 is 0 Å². The van der Waals surface area contributed by atoms with Crippen molar-refractivity contribution in [3.8, 4) is 11.8 Å². The molecule has 0 aromatic carbocycles. The predicted molar refractivity (Wildman–Crippen MR) is 62.2 cm³/mol. The van der Waals surface area contributed by atoms with Crippen LogP contribution in [0.15, 0.2) is 16.7 Å². The Hall–Kier alpha value is -0.0400. The Morgan fingerprint density at radius 1 is 1.54 bits per heavy atom. The van der Waals surface area contributed by atoms with Gasteiger partial charge in [0.25, 0.3) is 0 Å². The maximum atomic E-state index is 5.72. The van der Waals surface area contributed by atoms with Crippen LogP contribution in [0.4, 0.5) is 0 Å². The molecule has 1 rings (SSSR count). The Morgan fingerprint density at radius 3 is 3.00 bits per heavy atom. The summed E-state index contributed by atoms with van der Waals surface area (Å²) in [5, 5.41) is 1.35. The molecule has 0 bridgehead atoms. The fourth-order valence-corrected chi connectivity index (χ4v) is 1.39. The van der Waals surface area contributed by atoms with Crippen molar-refractivity contribution in [2.24, 2.45) is 0 Å². The summed E-state index contributed by atoms with van der Waals surface area (Å²) in [6.45, 7) is 0. The van der Waals surface area contributed by atoms with E-state index in [9.17, 15) is 0 Å². The van der Waals surface area contributed by atoms with E-state index in [1.54, 1.807) is 12.3 Å². The number of alkyl halides is 1. The van der Waals surface area contributed by atoms with Crippen molar-refractivity contribution in [3.63, 3.8) is 0 Å². The molecule has 0 atom stereocenters. The quantitative estimate of drug-likeness (QED) is 0.437. The molecule has 68 valence electrons. The van der Waals surface area contributed by atoms with E-state index in [1.807, 2.05) is 0 Å². The molecule has 0 aliphatic rings. The zero-order valence-corrected chi connectivity index (χ0v) is 10.6. The minimum Gasteiger partial charge on any atom is -0.243 e. The lowest BCUT2D eigenvalue weighted by atomic mass is 10.3. The largest absolute Gasteiger partial charge is 0.243 e. The zero-order valence-electron chi connectivity index (χ0n) is 6.65. The Balaban J connectivity index is 2.89. The van der Waals surface area contributed by atoms with Crippen LogP contribution in [0, 0.1) is 11.8 Å². The van der Waals surface area contributed by atoms with Crippen LogP contribution in [0.1, 0.15) is 12.0 Å². The van der Waals surface area contributed by atoms with Crippen molar-refractivity contribution < 1.29 is 0 Å². The van der Waals surface area contributed by atoms with Crippen LogP contribution in [-0.2, 0) is 0 Å². The first-order valence-electron chi connectivity index (χ1n) is 3.60. The normalized spacial score (nSPS) is 9.15. The SMILES string of the molecule is Clc1cc(C#CCCBr)c(Br)cn1. The maximum absolute atomic E-state index is 5.72. The molecule has 4 heteroatoms. The van der Waals surface area contributed by atoms with E-state index < -0.39 is 0 Å². The number of hydrogen-bond donors (Lipinski definition) is 0. The van der Waals surface area contributed by atoms with Crippen LogP contribution >= 0.6 is 43.5 Å². The lowest BCUT2D eigenvalue weighted by molar-refractivity contribution is 1.29. The molecule has 1 aromatic rings. The topological polar surface area (TPSA) is 12.9 Å². The van der Waals surface area contributed by atoms with Gasteiger partial charge in [-0.2, -0.15) is 0 Å². The summed E-state index contributed by atoms with van der Waals surface area (Å²) in [5.74, 6) is 6.01. The zero-order chi connectivity index (χ0) is 9.68. The average molecular weight is 323 g/mol. The molecule has 1 nitrogen and oxygen atoms in total. The van der Waals surface area contributed by atoms with Crippen molar-refractivity contribution in [1.29, 1.82) is 0 Å². The van der Waals surface area contributed by atoms with E-state index in [0.29, 0.717) is 5.15 Å². The molecule has 0 unspecified atom stereocenters. The first kappa shape index (κ1) is 11.0. The van der Waals surface area contributed by atoms with Gasteiger partial charge in [0.2, 0.25) is 0 Å². The molecular weight excluding hydrogens is 317 g/mol. The van der Waals surface area contributed by atoms with E-state index in [2.05, 4.69) is 48.7 Å². The third-order valence-corrected chi connectivity index (χ3v) is 2.50. The second-order valence-corrected chi connectivity index (χ2v) is 4.26. The van der Waals surface area contributed by atoms with E-state index in [0.717, 1.165) is 21.8 Å². The van der Waals surface area contributed by atoms with Crippen LogP contribution in [-0.4, -0.2) is 10.3 Å². The van der Waals surface area contributed by atoms with Crippen molar-refractivity contribution in [2.45, 2.75) is 6.42 Å². The van der Waals surface area contributed by atoms with Crippen molar-refractivity contribution in [1.82, 2.24) is 4.98 Å². The number of nitrogens with zero attached hydrogens (tertiary/aromatic N) is 1. The Bertz CT molecular complexity index is 354. The van der Waals surface area contributed by atoms with Gasteiger partial charge in [0.1, 0.15) is 5.15 Å². The number of pyridine rings is 1. The van der Waals surface area contributed by atoms with Gasteiger partial charge in [0.15, 0.2) is 0 Å². The molecule has 0 saturated carbocycles. The highest BCUT2D eigenvalue weighted by Gasteiger charge is 1.97. The molecule has 0 aliphatic carbocycles. The Labute approximate surface area is 99.1 Å². The highest BCUT2D eigenvalue weighted by atomic mass is 79.9. The molecule has 0 amide bonds. The second kappa shape index (κ2) is 5.64. The van der Waals surface area contributed by atoms with Crippen LogP contribution in [0.3, 0.4) is 0 Å². The first-order valence-corrected chi connectivity index (χ1v) is 5.89. The van der Waals surface area contributed by atoms with Crippen molar-refractivity contribution in [2.75, 3.05) is 5.33 Å². The average Bonchev–Trinajstić information content (AvgIpc) is 2.11. The third-order valence-electron chi connectivity index (χ3n) is 1.26. The minimum absolute atomic E-state index is 0.464. The molecule has 0 fully saturated rings. The van der Waals surface area contributed by atoms with Gasteiger partial charge in [-0.05, 0) is 22.0 Å². The van der Waals surface area contributed by atoms with Gasteiger partial charge in [-0.15, -0.1) is 0 Å². The fourth-order valence-electron chi connectivity index (χ4n) is 0.714. The van der Waals surface area contributed by atoms with E-state index >= 15 is 0 Å². The van der Waals surface area contributed by atoms with Gasteiger partial charge in [-0.3, -0.25) is 0 Å². The molecule has 0 aliphatic heterocycles. The maximum Gasteiger partial charge on any atom is 0.130 e. The Morgan fingerprint density at radius 2 is 2.31 bits per heavy atom. The fraction of sp³-hybridized carbons (Fsp3) is 0.222. The molecule has 0 saturated heterocycles. The summed E-state index contributed by atoms with van der Waals surface area (Å²) < 4.78 is 0.874. The summed E-state index contributed by atoms with van der Waals surface area (Å²) in [6.07, 6.45) is 2.48. The van der Waals surface area contributed by atoms with E-state index in [4.69, 9.17) is 11.6 Å². The molecule has 0 N–H and O–H groups in total. The number of aromatic nitrogens is 1. The molecule has 0 radical (unpaired) electrons. The summed E-state index contributed by atoms with van der Waals surface area (Å²) >= 11 is 12.4. The van der Waals surface area contributed by atoms with Crippen LogP contribution in [0.25, 0.3) is 0 Å². The highest BCUT2D eigenvalue weighted by molar-refractivity contribution is 9.10. The van der Waals surface area contributed by atoms with Gasteiger partial charge in [-0.25, -0.2) is 4.98 Å². The lowest BCUT2D eigenvalue weighted by Gasteiger charge is -1.94. The summed E-state index contributed by atoms with van der Waals surface area (Å²) in [5.41, 5.74) is 0.876. The summed E-state index contributed by atoms with van der Waals surface area (Å²) in [4.78, 5) is 3.91. The number of halogens is 3. The predicted octanol–water partition coefficient (Wildman–Crippen LogP) is 3.63.